The number of nitrogens with one attached hydrogen (secondary N) is 1. The number of non-ortho nitro benzene ring substituents is 1. The number of dihydropyridines is 1. The summed E-state index contributed by atoms with van der Waals surface area (Å²) >= 11 is 0. The molecule has 0 unspecified atom stereocenters. The first-order chi connectivity index (χ1) is 14.1. The van der Waals surface area contributed by atoms with E-state index in [1.165, 1.54) is 32.4 Å². The van der Waals surface area contributed by atoms with Crippen molar-refractivity contribution in [1.29, 1.82) is 0 Å². The molecule has 1 aromatic rings. The van der Waals surface area contributed by atoms with Gasteiger partial charge in [0.25, 0.3) is 5.69 Å². The fourth-order valence-corrected chi connectivity index (χ4v) is 3.00. The molecular formula is C19H21N3O8. The number of carbonyl (C=O) groups excluding carboxylic acids is 3. The third kappa shape index (κ3) is 4.74. The second kappa shape index (κ2) is 9.07. The minimum absolute atomic E-state index is 0.139. The average Bonchev–Trinajstić information content (AvgIpc) is 3.38. The van der Waals surface area contributed by atoms with Crippen LogP contribution in [0.2, 0.25) is 0 Å². The Morgan fingerprint density at radius 2 is 1.60 bits per heavy atom. The number of hydrogen-bond donors (Lipinski definition) is 1. The molecule has 0 aliphatic carbocycles. The van der Waals surface area contributed by atoms with Gasteiger partial charge in [-0.25, -0.2) is 14.4 Å². The number of benzene rings is 1. The zero-order valence-electron chi connectivity index (χ0n) is 17.0. The number of esters is 2. The summed E-state index contributed by atoms with van der Waals surface area (Å²) in [5, 5.41) is 15.2. The number of hydroxylamine groups is 2. The molecule has 160 valence electrons. The SMILES string of the molecule is CN1OC1=O.COC(=O)C1=C(C)NC(C)=C(C(=O)OC)C1c1cccc([N+](=O)[O-])c1. The van der Waals surface area contributed by atoms with Crippen molar-refractivity contribution in [3.63, 3.8) is 0 Å². The number of rotatable bonds is 4. The van der Waals surface area contributed by atoms with Crippen molar-refractivity contribution in [2.45, 2.75) is 19.8 Å². The highest BCUT2D eigenvalue weighted by atomic mass is 16.9. The van der Waals surface area contributed by atoms with Gasteiger partial charge >= 0.3 is 18.0 Å². The van der Waals surface area contributed by atoms with Crippen LogP contribution in [0.4, 0.5) is 10.5 Å². The normalized spacial score (nSPS) is 15.5. The largest absolute Gasteiger partial charge is 0.467 e. The molecule has 2 heterocycles. The van der Waals surface area contributed by atoms with Crippen molar-refractivity contribution < 1.29 is 33.6 Å². The van der Waals surface area contributed by atoms with Crippen LogP contribution in [0.25, 0.3) is 0 Å². The molecule has 0 aromatic heterocycles. The van der Waals surface area contributed by atoms with E-state index >= 15 is 0 Å². The van der Waals surface area contributed by atoms with Crippen LogP contribution < -0.4 is 5.32 Å². The lowest BCUT2D eigenvalue weighted by Crippen LogP contribution is -2.32. The quantitative estimate of drug-likeness (QED) is 0.336. The van der Waals surface area contributed by atoms with E-state index in [1.54, 1.807) is 27.0 Å². The number of nitrogens with zero attached hydrogens (tertiary/aromatic N) is 2. The average molecular weight is 419 g/mol. The van der Waals surface area contributed by atoms with Crippen LogP contribution in [-0.2, 0) is 23.9 Å². The van der Waals surface area contributed by atoms with E-state index in [0.29, 0.717) is 17.0 Å². The Bertz CT molecular complexity index is 928. The standard InChI is InChI=1S/C17H18N2O6.C2H3NO2/c1-9-13(16(20)24-3)15(14(10(2)18-9)17(21)25-4)11-6-5-7-12(8-11)19(22)23;1-3-2(4)5-3/h5-8,15,18H,1-4H3;1H3. The van der Waals surface area contributed by atoms with E-state index < -0.39 is 22.8 Å². The lowest BCUT2D eigenvalue weighted by Gasteiger charge is -2.29. The van der Waals surface area contributed by atoms with Crippen LogP contribution in [0.3, 0.4) is 0 Å². The van der Waals surface area contributed by atoms with Gasteiger partial charge in [0, 0.05) is 23.5 Å². The van der Waals surface area contributed by atoms with E-state index in [1.807, 2.05) is 0 Å². The van der Waals surface area contributed by atoms with E-state index in [-0.39, 0.29) is 22.9 Å². The number of methoxy groups -OCH3 is 2. The van der Waals surface area contributed by atoms with E-state index in [4.69, 9.17) is 9.47 Å². The second-order valence-corrected chi connectivity index (χ2v) is 6.33. The van der Waals surface area contributed by atoms with Gasteiger partial charge in [-0.05, 0) is 19.4 Å². The lowest BCUT2D eigenvalue weighted by molar-refractivity contribution is -0.384. The van der Waals surface area contributed by atoms with Crippen molar-refractivity contribution in [1.82, 2.24) is 10.4 Å². The van der Waals surface area contributed by atoms with Crippen molar-refractivity contribution >= 4 is 23.7 Å². The van der Waals surface area contributed by atoms with Gasteiger partial charge in [0.15, 0.2) is 0 Å². The predicted molar refractivity (Wildman–Crippen MR) is 103 cm³/mol. The van der Waals surface area contributed by atoms with Gasteiger partial charge in [-0.15, -0.1) is 5.06 Å². The molecule has 0 radical (unpaired) electrons. The Labute approximate surface area is 172 Å². The summed E-state index contributed by atoms with van der Waals surface area (Å²) in [5.41, 5.74) is 1.71. The Morgan fingerprint density at radius 1 is 1.13 bits per heavy atom. The Balaban J connectivity index is 0.000000558. The first-order valence-electron chi connectivity index (χ1n) is 8.67. The molecular weight excluding hydrogens is 398 g/mol. The molecule has 1 aromatic carbocycles. The Kier molecular flexibility index (Phi) is 6.77. The smallest absolute Gasteiger partial charge is 0.466 e. The molecule has 1 fully saturated rings. The van der Waals surface area contributed by atoms with Crippen LogP contribution in [0.5, 0.6) is 0 Å². The Hall–Kier alpha value is -3.89. The zero-order chi connectivity index (χ0) is 22.6. The van der Waals surface area contributed by atoms with Gasteiger partial charge in [-0.1, -0.05) is 12.1 Å². The van der Waals surface area contributed by atoms with Crippen molar-refractivity contribution in [3.8, 4) is 0 Å². The van der Waals surface area contributed by atoms with Crippen LogP contribution in [0.15, 0.2) is 46.8 Å². The highest BCUT2D eigenvalue weighted by Crippen LogP contribution is 2.39. The van der Waals surface area contributed by atoms with Crippen LogP contribution >= 0.6 is 0 Å². The van der Waals surface area contributed by atoms with Gasteiger partial charge < -0.3 is 19.6 Å². The second-order valence-electron chi connectivity index (χ2n) is 6.33. The highest BCUT2D eigenvalue weighted by molar-refractivity contribution is 5.99. The molecule has 2 aliphatic heterocycles. The van der Waals surface area contributed by atoms with Crippen LogP contribution in [-0.4, -0.2) is 49.3 Å². The van der Waals surface area contributed by atoms with Gasteiger partial charge in [0.1, 0.15) is 0 Å². The third-order valence-electron chi connectivity index (χ3n) is 4.43. The summed E-state index contributed by atoms with van der Waals surface area (Å²) in [6.45, 7) is 3.35. The molecule has 1 amide bonds. The van der Waals surface area contributed by atoms with Gasteiger partial charge in [0.2, 0.25) is 0 Å². The summed E-state index contributed by atoms with van der Waals surface area (Å²) in [4.78, 5) is 48.9. The molecule has 1 saturated heterocycles. The lowest BCUT2D eigenvalue weighted by atomic mass is 9.80. The topological polar surface area (TPSA) is 140 Å². The molecule has 30 heavy (non-hydrogen) atoms. The van der Waals surface area contributed by atoms with Crippen molar-refractivity contribution in [2.75, 3.05) is 21.3 Å². The van der Waals surface area contributed by atoms with Gasteiger partial charge in [-0.2, -0.15) is 0 Å². The maximum absolute atomic E-state index is 12.3. The molecule has 0 atom stereocenters. The number of amides is 1. The fourth-order valence-electron chi connectivity index (χ4n) is 3.00. The van der Waals surface area contributed by atoms with E-state index in [9.17, 15) is 24.5 Å². The van der Waals surface area contributed by atoms with Crippen molar-refractivity contribution in [3.05, 3.63) is 62.5 Å². The predicted octanol–water partition coefficient (Wildman–Crippen LogP) is 2.16. The zero-order valence-corrected chi connectivity index (χ0v) is 17.0. The maximum Gasteiger partial charge on any atom is 0.467 e. The molecule has 0 spiro atoms. The number of nitro benzene ring substituents is 1. The number of carbonyl (C=O) groups is 3. The summed E-state index contributed by atoms with van der Waals surface area (Å²) in [6, 6.07) is 5.80. The number of ether oxygens (including phenoxy) is 2. The van der Waals surface area contributed by atoms with E-state index in [0.717, 1.165) is 5.06 Å². The van der Waals surface area contributed by atoms with Crippen molar-refractivity contribution in [2.24, 2.45) is 0 Å². The summed E-state index contributed by atoms with van der Waals surface area (Å²) in [6.07, 6.45) is -0.245. The van der Waals surface area contributed by atoms with Crippen LogP contribution in [0, 0.1) is 10.1 Å². The molecule has 11 heteroatoms. The van der Waals surface area contributed by atoms with E-state index in [2.05, 4.69) is 10.2 Å². The minimum Gasteiger partial charge on any atom is -0.466 e. The van der Waals surface area contributed by atoms with Gasteiger partial charge in [-0.3, -0.25) is 10.1 Å². The Morgan fingerprint density at radius 3 is 1.97 bits per heavy atom. The first kappa shape index (κ1) is 22.4. The first-order valence-corrected chi connectivity index (χ1v) is 8.67. The summed E-state index contributed by atoms with van der Waals surface area (Å²) in [5.74, 6) is -2.09. The highest BCUT2D eigenvalue weighted by Gasteiger charge is 2.38. The molecule has 11 nitrogen and oxygen atoms in total. The molecule has 0 bridgehead atoms. The number of hydrogen-bond acceptors (Lipinski definition) is 9. The number of nitro groups is 1. The third-order valence-corrected chi connectivity index (χ3v) is 4.43. The number of allylic oxidation sites excluding steroid dienone is 2. The fraction of sp³-hybridized carbons (Fsp3) is 0.316. The summed E-state index contributed by atoms with van der Waals surface area (Å²) < 4.78 is 9.68. The molecule has 1 N–H and O–H groups in total. The molecule has 0 saturated carbocycles. The molecule has 3 rings (SSSR count). The molecule has 2 aliphatic rings. The summed E-state index contributed by atoms with van der Waals surface area (Å²) in [7, 11) is 4.02. The minimum atomic E-state index is -0.832. The van der Waals surface area contributed by atoms with Gasteiger partial charge in [0.05, 0.1) is 43.3 Å². The monoisotopic (exact) mass is 419 g/mol. The maximum atomic E-state index is 12.3. The van der Waals surface area contributed by atoms with Crippen LogP contribution in [0.1, 0.15) is 25.3 Å².